The van der Waals surface area contributed by atoms with Crippen molar-refractivity contribution in [3.8, 4) is 11.8 Å². The highest BCUT2D eigenvalue weighted by atomic mass is 16.5. The third-order valence-electron chi connectivity index (χ3n) is 3.44. The van der Waals surface area contributed by atoms with Crippen LogP contribution in [0.4, 0.5) is 5.82 Å². The van der Waals surface area contributed by atoms with Gasteiger partial charge in [-0.25, -0.2) is 0 Å². The van der Waals surface area contributed by atoms with Crippen molar-refractivity contribution < 1.29 is 14.1 Å². The summed E-state index contributed by atoms with van der Waals surface area (Å²) >= 11 is 0. The maximum absolute atomic E-state index is 12.7. The molecular weight excluding hydrogens is 318 g/mol. The number of carbonyl (C=O) groups is 1. The monoisotopic (exact) mass is 333 g/mol. The zero-order chi connectivity index (χ0) is 17.6. The normalized spacial score (nSPS) is 11.4. The average molecular weight is 333 g/mol. The van der Waals surface area contributed by atoms with E-state index in [1.54, 1.807) is 49.4 Å². The highest BCUT2D eigenvalue weighted by molar-refractivity contribution is 5.94. The van der Waals surface area contributed by atoms with E-state index in [-0.39, 0.29) is 5.91 Å². The van der Waals surface area contributed by atoms with Crippen LogP contribution in [-0.2, 0) is 4.79 Å². The molecular formula is C19H15N3O3. The second-order valence-electron chi connectivity index (χ2n) is 5.36. The second-order valence-corrected chi connectivity index (χ2v) is 5.36. The lowest BCUT2D eigenvalue weighted by atomic mass is 10.1. The summed E-state index contributed by atoms with van der Waals surface area (Å²) in [6.45, 7) is 1.74. The molecule has 0 fully saturated rings. The lowest BCUT2D eigenvalue weighted by molar-refractivity contribution is -0.123. The number of nitriles is 1. The molecule has 1 heterocycles. The molecule has 25 heavy (non-hydrogen) atoms. The van der Waals surface area contributed by atoms with E-state index in [4.69, 9.17) is 14.5 Å². The van der Waals surface area contributed by atoms with Gasteiger partial charge >= 0.3 is 0 Å². The van der Waals surface area contributed by atoms with Crippen molar-refractivity contribution in [3.05, 3.63) is 77.6 Å². The van der Waals surface area contributed by atoms with E-state index in [9.17, 15) is 4.79 Å². The summed E-state index contributed by atoms with van der Waals surface area (Å²) in [6.07, 6.45) is -0.896. The molecule has 0 aliphatic carbocycles. The molecule has 3 rings (SSSR count). The van der Waals surface area contributed by atoms with Gasteiger partial charge in [-0.1, -0.05) is 41.6 Å². The molecule has 3 aromatic rings. The van der Waals surface area contributed by atoms with Gasteiger partial charge in [0.25, 0.3) is 5.91 Å². The first-order chi connectivity index (χ1) is 12.2. The van der Waals surface area contributed by atoms with Gasteiger partial charge in [0.1, 0.15) is 11.5 Å². The molecule has 2 aromatic carbocycles. The van der Waals surface area contributed by atoms with E-state index in [1.165, 1.54) is 0 Å². The van der Waals surface area contributed by atoms with Gasteiger partial charge in [-0.2, -0.15) is 5.26 Å². The van der Waals surface area contributed by atoms with Crippen molar-refractivity contribution in [2.24, 2.45) is 0 Å². The predicted molar refractivity (Wildman–Crippen MR) is 90.8 cm³/mol. The molecule has 1 amide bonds. The lowest BCUT2D eigenvalue weighted by Gasteiger charge is -2.18. The third kappa shape index (κ3) is 4.03. The number of aromatic nitrogens is 1. The first kappa shape index (κ1) is 16.3. The Labute approximate surface area is 144 Å². The smallest absolute Gasteiger partial charge is 0.271 e. The molecule has 0 spiro atoms. The largest absolute Gasteiger partial charge is 0.476 e. The average Bonchev–Trinajstić information content (AvgIpc) is 3.05. The fourth-order valence-corrected chi connectivity index (χ4v) is 2.29. The number of rotatable bonds is 5. The zero-order valence-corrected chi connectivity index (χ0v) is 13.5. The number of aryl methyl sites for hydroxylation is 1. The van der Waals surface area contributed by atoms with Gasteiger partial charge in [0.05, 0.1) is 11.6 Å². The van der Waals surface area contributed by atoms with E-state index >= 15 is 0 Å². The van der Waals surface area contributed by atoms with Crippen molar-refractivity contribution in [3.63, 3.8) is 0 Å². The molecule has 1 N–H and O–H groups in total. The highest BCUT2D eigenvalue weighted by Crippen LogP contribution is 2.24. The quantitative estimate of drug-likeness (QED) is 0.770. The summed E-state index contributed by atoms with van der Waals surface area (Å²) in [5.41, 5.74) is 1.14. The lowest BCUT2D eigenvalue weighted by Crippen LogP contribution is -2.25. The Morgan fingerprint density at radius 2 is 2.00 bits per heavy atom. The predicted octanol–water partition coefficient (Wildman–Crippen LogP) is 3.61. The van der Waals surface area contributed by atoms with Gasteiger partial charge < -0.3 is 14.6 Å². The number of benzene rings is 2. The molecule has 0 radical (unpaired) electrons. The fourth-order valence-electron chi connectivity index (χ4n) is 2.29. The van der Waals surface area contributed by atoms with Crippen molar-refractivity contribution >= 4 is 11.7 Å². The fraction of sp³-hybridized carbons (Fsp3) is 0.105. The van der Waals surface area contributed by atoms with E-state index in [1.807, 2.05) is 24.3 Å². The number of anilines is 1. The first-order valence-corrected chi connectivity index (χ1v) is 7.61. The van der Waals surface area contributed by atoms with Crippen molar-refractivity contribution in [1.82, 2.24) is 5.16 Å². The number of amides is 1. The minimum absolute atomic E-state index is 0.317. The van der Waals surface area contributed by atoms with Crippen LogP contribution < -0.4 is 10.1 Å². The Morgan fingerprint density at radius 1 is 1.20 bits per heavy atom. The van der Waals surface area contributed by atoms with Gasteiger partial charge in [-0.15, -0.1) is 0 Å². The summed E-state index contributed by atoms with van der Waals surface area (Å²) in [5, 5.41) is 15.5. The maximum Gasteiger partial charge on any atom is 0.271 e. The summed E-state index contributed by atoms with van der Waals surface area (Å²) in [7, 11) is 0. The highest BCUT2D eigenvalue weighted by Gasteiger charge is 2.24. The molecule has 0 aliphatic heterocycles. The number of nitrogens with one attached hydrogen (secondary N) is 1. The van der Waals surface area contributed by atoms with Crippen molar-refractivity contribution in [1.29, 1.82) is 5.26 Å². The van der Waals surface area contributed by atoms with Crippen LogP contribution in [-0.4, -0.2) is 11.1 Å². The van der Waals surface area contributed by atoms with Crippen LogP contribution >= 0.6 is 0 Å². The molecule has 0 bridgehead atoms. The number of hydrogen-bond donors (Lipinski definition) is 1. The Bertz CT molecular complexity index is 913. The maximum atomic E-state index is 12.7. The topological polar surface area (TPSA) is 88.1 Å². The SMILES string of the molecule is Cc1cc(NC(=O)[C@@H](Oc2cccc(C#N)c2)c2ccccc2)no1. The number of hydrogen-bond acceptors (Lipinski definition) is 5. The van der Waals surface area contributed by atoms with Crippen LogP contribution in [0, 0.1) is 18.3 Å². The van der Waals surface area contributed by atoms with Gasteiger partial charge in [-0.05, 0) is 25.1 Å². The molecule has 6 nitrogen and oxygen atoms in total. The van der Waals surface area contributed by atoms with E-state index < -0.39 is 6.10 Å². The van der Waals surface area contributed by atoms with Crippen LogP contribution in [0.3, 0.4) is 0 Å². The van der Waals surface area contributed by atoms with Gasteiger partial charge in [0, 0.05) is 11.6 Å². The van der Waals surface area contributed by atoms with Crippen LogP contribution in [0.25, 0.3) is 0 Å². The Balaban J connectivity index is 1.87. The molecule has 0 saturated heterocycles. The van der Waals surface area contributed by atoms with Crippen LogP contribution in [0.5, 0.6) is 5.75 Å². The van der Waals surface area contributed by atoms with Crippen LogP contribution in [0.1, 0.15) is 23.0 Å². The minimum Gasteiger partial charge on any atom is -0.476 e. The molecule has 1 atom stereocenters. The number of ether oxygens (including phenoxy) is 1. The molecule has 0 aliphatic rings. The third-order valence-corrected chi connectivity index (χ3v) is 3.44. The standard InChI is InChI=1S/C19H15N3O3/c1-13-10-17(22-25-13)21-19(23)18(15-7-3-2-4-8-15)24-16-9-5-6-14(11-16)12-20/h2-11,18H,1H3,(H,21,22,23)/t18-/m0/s1. The molecule has 6 heteroatoms. The second kappa shape index (κ2) is 7.32. The molecule has 0 unspecified atom stereocenters. The Morgan fingerprint density at radius 3 is 2.68 bits per heavy atom. The van der Waals surface area contributed by atoms with Crippen molar-refractivity contribution in [2.75, 3.05) is 5.32 Å². The van der Waals surface area contributed by atoms with Crippen LogP contribution in [0.2, 0.25) is 0 Å². The van der Waals surface area contributed by atoms with E-state index in [2.05, 4.69) is 10.5 Å². The summed E-state index contributed by atoms with van der Waals surface area (Å²) in [4.78, 5) is 12.7. The summed E-state index contributed by atoms with van der Waals surface area (Å²) < 4.78 is 10.8. The number of nitrogens with zero attached hydrogens (tertiary/aromatic N) is 2. The number of carbonyl (C=O) groups excluding carboxylic acids is 1. The van der Waals surface area contributed by atoms with Gasteiger partial charge in [0.15, 0.2) is 5.82 Å². The Hall–Kier alpha value is -3.59. The van der Waals surface area contributed by atoms with Gasteiger partial charge in [0.2, 0.25) is 6.10 Å². The zero-order valence-electron chi connectivity index (χ0n) is 13.5. The Kier molecular flexibility index (Phi) is 4.77. The van der Waals surface area contributed by atoms with Crippen LogP contribution in [0.15, 0.2) is 65.2 Å². The van der Waals surface area contributed by atoms with Crippen molar-refractivity contribution in [2.45, 2.75) is 13.0 Å². The van der Waals surface area contributed by atoms with Gasteiger partial charge in [-0.3, -0.25) is 4.79 Å². The molecule has 124 valence electrons. The summed E-state index contributed by atoms with van der Waals surface area (Å²) in [5.74, 6) is 0.952. The summed E-state index contributed by atoms with van der Waals surface area (Å²) in [6, 6.07) is 19.4. The molecule has 0 saturated carbocycles. The molecule has 1 aromatic heterocycles. The minimum atomic E-state index is -0.896. The van der Waals surface area contributed by atoms with E-state index in [0.717, 1.165) is 0 Å². The first-order valence-electron chi connectivity index (χ1n) is 7.61. The van der Waals surface area contributed by atoms with E-state index in [0.29, 0.717) is 28.5 Å².